The summed E-state index contributed by atoms with van der Waals surface area (Å²) in [6, 6.07) is 3.46. The average Bonchev–Trinajstić information content (AvgIpc) is 3.29. The van der Waals surface area contributed by atoms with Crippen LogP contribution in [0.25, 0.3) is 0 Å². The quantitative estimate of drug-likeness (QED) is 0.581. The molecule has 0 radical (unpaired) electrons. The number of hydrogen-bond acceptors (Lipinski definition) is 6. The van der Waals surface area contributed by atoms with Crippen molar-refractivity contribution in [3.8, 4) is 0 Å². The van der Waals surface area contributed by atoms with Crippen molar-refractivity contribution >= 4 is 17.9 Å². The van der Waals surface area contributed by atoms with Crippen LogP contribution >= 0.6 is 0 Å². The molecule has 0 N–H and O–H groups in total. The molecule has 154 valence electrons. The summed E-state index contributed by atoms with van der Waals surface area (Å²) >= 11 is 0. The summed E-state index contributed by atoms with van der Waals surface area (Å²) in [4.78, 5) is 32.3. The molecule has 3 rings (SSSR count). The molecule has 0 spiro atoms. The maximum Gasteiger partial charge on any atom is 0.410 e. The number of esters is 1. The second-order valence-corrected chi connectivity index (χ2v) is 8.37. The predicted molar refractivity (Wildman–Crippen MR) is 102 cm³/mol. The number of halogens is 1. The van der Waals surface area contributed by atoms with Gasteiger partial charge in [0.05, 0.1) is 13.0 Å². The number of amides is 1. The number of carbonyl (C=O) groups excluding carboxylic acids is 2. The van der Waals surface area contributed by atoms with Crippen LogP contribution in [-0.2, 0) is 14.3 Å². The van der Waals surface area contributed by atoms with Crippen molar-refractivity contribution in [3.05, 3.63) is 23.6 Å². The molecule has 0 saturated carbocycles. The topological polar surface area (TPSA) is 72.0 Å². The molecule has 0 bridgehead atoms. The second-order valence-electron chi connectivity index (χ2n) is 8.37. The number of methoxy groups -OCH3 is 1. The number of carbonyl (C=O) groups is 2. The zero-order chi connectivity index (χ0) is 20.5. The van der Waals surface area contributed by atoms with Crippen LogP contribution in [0.2, 0.25) is 0 Å². The van der Waals surface area contributed by atoms with Crippen molar-refractivity contribution in [2.75, 3.05) is 38.2 Å². The van der Waals surface area contributed by atoms with Crippen LogP contribution in [0.4, 0.5) is 15.0 Å². The number of likely N-dealkylation sites (tertiary alicyclic amines) is 1. The summed E-state index contributed by atoms with van der Waals surface area (Å²) in [7, 11) is 1.29. The van der Waals surface area contributed by atoms with Gasteiger partial charge < -0.3 is 19.3 Å². The SMILES string of the molecule is COC(=O)[C@@H]1CN(C(=O)OC(C)(C)C)C[C@H]1c1ccc(N2CCCC2)nc1F. The minimum atomic E-state index is -0.661. The molecule has 0 aliphatic carbocycles. The lowest BCUT2D eigenvalue weighted by Crippen LogP contribution is -2.36. The number of rotatable bonds is 3. The molecule has 2 atom stereocenters. The summed E-state index contributed by atoms with van der Waals surface area (Å²) in [5.74, 6) is -1.66. The van der Waals surface area contributed by atoms with Crippen LogP contribution in [0, 0.1) is 11.9 Å². The highest BCUT2D eigenvalue weighted by atomic mass is 19.1. The summed E-state index contributed by atoms with van der Waals surface area (Å²) in [6.07, 6.45) is 1.62. The molecular weight excluding hydrogens is 365 g/mol. The molecule has 0 aromatic carbocycles. The molecule has 1 amide bonds. The molecule has 2 aliphatic rings. The highest BCUT2D eigenvalue weighted by molar-refractivity contribution is 5.77. The summed E-state index contributed by atoms with van der Waals surface area (Å²) in [5.41, 5.74) is -0.329. The van der Waals surface area contributed by atoms with Crippen molar-refractivity contribution < 1.29 is 23.5 Å². The summed E-state index contributed by atoms with van der Waals surface area (Å²) in [6.45, 7) is 7.36. The zero-order valence-electron chi connectivity index (χ0n) is 16.9. The average molecular weight is 393 g/mol. The van der Waals surface area contributed by atoms with Crippen LogP contribution in [0.15, 0.2) is 12.1 Å². The van der Waals surface area contributed by atoms with Crippen LogP contribution < -0.4 is 4.90 Å². The first-order valence-corrected chi connectivity index (χ1v) is 9.67. The van der Waals surface area contributed by atoms with Crippen LogP contribution in [0.5, 0.6) is 0 Å². The number of pyridine rings is 1. The van der Waals surface area contributed by atoms with E-state index < -0.39 is 35.4 Å². The van der Waals surface area contributed by atoms with Gasteiger partial charge in [-0.05, 0) is 39.7 Å². The normalized spacial score (nSPS) is 22.5. The van der Waals surface area contributed by atoms with Crippen molar-refractivity contribution in [1.29, 1.82) is 0 Å². The number of anilines is 1. The Morgan fingerprint density at radius 3 is 2.43 bits per heavy atom. The van der Waals surface area contributed by atoms with Gasteiger partial charge in [-0.3, -0.25) is 4.79 Å². The molecule has 28 heavy (non-hydrogen) atoms. The fourth-order valence-electron chi connectivity index (χ4n) is 3.82. The highest BCUT2D eigenvalue weighted by Gasteiger charge is 2.43. The Balaban J connectivity index is 1.83. The molecule has 0 unspecified atom stereocenters. The molecule has 1 aromatic heterocycles. The first kappa shape index (κ1) is 20.4. The van der Waals surface area contributed by atoms with E-state index in [2.05, 4.69) is 4.98 Å². The molecule has 7 nitrogen and oxygen atoms in total. The van der Waals surface area contributed by atoms with Gasteiger partial charge in [-0.25, -0.2) is 9.78 Å². The predicted octanol–water partition coefficient (Wildman–Crippen LogP) is 2.94. The third-order valence-corrected chi connectivity index (χ3v) is 5.17. The molecule has 2 fully saturated rings. The minimum Gasteiger partial charge on any atom is -0.469 e. The first-order valence-electron chi connectivity index (χ1n) is 9.67. The highest BCUT2D eigenvalue weighted by Crippen LogP contribution is 2.36. The van der Waals surface area contributed by atoms with E-state index in [1.807, 2.05) is 4.90 Å². The molecular formula is C20H28FN3O4. The number of ether oxygens (including phenoxy) is 2. The third-order valence-electron chi connectivity index (χ3n) is 5.17. The van der Waals surface area contributed by atoms with Gasteiger partial charge in [0.15, 0.2) is 0 Å². The van der Waals surface area contributed by atoms with E-state index in [0.29, 0.717) is 11.4 Å². The van der Waals surface area contributed by atoms with Crippen molar-refractivity contribution in [2.24, 2.45) is 5.92 Å². The fourth-order valence-corrected chi connectivity index (χ4v) is 3.82. The van der Waals surface area contributed by atoms with E-state index in [1.54, 1.807) is 32.9 Å². The maximum atomic E-state index is 14.9. The fraction of sp³-hybridized carbons (Fsp3) is 0.650. The van der Waals surface area contributed by atoms with Crippen LogP contribution in [0.3, 0.4) is 0 Å². The van der Waals surface area contributed by atoms with Gasteiger partial charge in [-0.2, -0.15) is 4.39 Å². The summed E-state index contributed by atoms with van der Waals surface area (Å²) < 4.78 is 25.2. The second kappa shape index (κ2) is 7.93. The number of aromatic nitrogens is 1. The monoisotopic (exact) mass is 393 g/mol. The van der Waals surface area contributed by atoms with Crippen molar-refractivity contribution in [3.63, 3.8) is 0 Å². The molecule has 2 aliphatic heterocycles. The first-order chi connectivity index (χ1) is 13.2. The van der Waals surface area contributed by atoms with Gasteiger partial charge in [-0.15, -0.1) is 0 Å². The lowest BCUT2D eigenvalue weighted by molar-refractivity contribution is -0.145. The van der Waals surface area contributed by atoms with Gasteiger partial charge in [0.2, 0.25) is 5.95 Å². The Kier molecular flexibility index (Phi) is 5.76. The molecule has 1 aromatic rings. The third kappa shape index (κ3) is 4.36. The van der Waals surface area contributed by atoms with E-state index >= 15 is 0 Å². The Morgan fingerprint density at radius 1 is 1.18 bits per heavy atom. The van der Waals surface area contributed by atoms with Gasteiger partial charge in [0.25, 0.3) is 0 Å². The van der Waals surface area contributed by atoms with E-state index in [1.165, 1.54) is 12.0 Å². The Hall–Kier alpha value is -2.38. The lowest BCUT2D eigenvalue weighted by atomic mass is 9.89. The largest absolute Gasteiger partial charge is 0.469 e. The van der Waals surface area contributed by atoms with Crippen LogP contribution in [0.1, 0.15) is 45.1 Å². The van der Waals surface area contributed by atoms with E-state index in [0.717, 1.165) is 25.9 Å². The van der Waals surface area contributed by atoms with Gasteiger partial charge in [0.1, 0.15) is 11.4 Å². The molecule has 3 heterocycles. The zero-order valence-corrected chi connectivity index (χ0v) is 16.9. The lowest BCUT2D eigenvalue weighted by Gasteiger charge is -2.24. The standard InChI is InChI=1S/C20H28FN3O4/c1-20(2,3)28-19(26)24-11-14(15(12-24)18(25)27-4)13-7-8-16(22-17(13)21)23-9-5-6-10-23/h7-8,14-15H,5-6,9-12H2,1-4H3/t14-,15+/m0/s1. The maximum absolute atomic E-state index is 14.9. The van der Waals surface area contributed by atoms with E-state index in [4.69, 9.17) is 9.47 Å². The van der Waals surface area contributed by atoms with Crippen LogP contribution in [-0.4, -0.2) is 60.8 Å². The van der Waals surface area contributed by atoms with Crippen molar-refractivity contribution in [1.82, 2.24) is 9.88 Å². The van der Waals surface area contributed by atoms with E-state index in [-0.39, 0.29) is 13.1 Å². The number of nitrogens with zero attached hydrogens (tertiary/aromatic N) is 3. The smallest absolute Gasteiger partial charge is 0.410 e. The van der Waals surface area contributed by atoms with E-state index in [9.17, 15) is 14.0 Å². The van der Waals surface area contributed by atoms with Crippen molar-refractivity contribution in [2.45, 2.75) is 45.1 Å². The Bertz CT molecular complexity index is 743. The van der Waals surface area contributed by atoms with Gasteiger partial charge >= 0.3 is 12.1 Å². The van der Waals surface area contributed by atoms with Gasteiger partial charge in [0, 0.05) is 37.7 Å². The minimum absolute atomic E-state index is 0.125. The number of hydrogen-bond donors (Lipinski definition) is 0. The molecule has 2 saturated heterocycles. The Morgan fingerprint density at radius 2 is 1.86 bits per heavy atom. The van der Waals surface area contributed by atoms with Gasteiger partial charge in [-0.1, -0.05) is 6.07 Å². The summed E-state index contributed by atoms with van der Waals surface area (Å²) in [5, 5.41) is 0. The Labute approximate surface area is 164 Å². The molecule has 8 heteroatoms.